The van der Waals surface area contributed by atoms with Crippen molar-refractivity contribution in [3.63, 3.8) is 0 Å². The Morgan fingerprint density at radius 2 is 0.567 bits per heavy atom. The van der Waals surface area contributed by atoms with Crippen LogP contribution in [0.5, 0.6) is 0 Å². The van der Waals surface area contributed by atoms with Gasteiger partial charge in [0, 0.05) is 29.0 Å². The Kier molecular flexibility index (Phi) is 8.91. The molecule has 0 saturated carbocycles. The summed E-state index contributed by atoms with van der Waals surface area (Å²) in [5.41, 5.74) is 16.3. The van der Waals surface area contributed by atoms with Gasteiger partial charge in [-0.3, -0.25) is 9.59 Å². The fourth-order valence-corrected chi connectivity index (χ4v) is 11.8. The van der Waals surface area contributed by atoms with E-state index in [0.717, 1.165) is 51.3 Å². The predicted octanol–water partition coefficient (Wildman–Crippen LogP) is 15.0. The molecule has 8 aromatic carbocycles. The summed E-state index contributed by atoms with van der Waals surface area (Å²) in [5.74, 6) is -0.936. The van der Waals surface area contributed by atoms with E-state index in [4.69, 9.17) is 0 Å². The molecule has 0 amide bonds. The van der Waals surface area contributed by atoms with Crippen molar-refractivity contribution in [1.29, 1.82) is 0 Å². The fraction of sp³-hybridized carbons (Fsp3) is 0.0370. The van der Waals surface area contributed by atoms with Crippen LogP contribution in [0.1, 0.15) is 76.4 Å². The van der Waals surface area contributed by atoms with Gasteiger partial charge in [0.15, 0.2) is 0 Å². The highest BCUT2D eigenvalue weighted by molar-refractivity contribution is 9.11. The lowest BCUT2D eigenvalue weighted by molar-refractivity contribution is 0.0817. The number of carbonyl (C=O) groups excluding carboxylic acids is 2. The summed E-state index contributed by atoms with van der Waals surface area (Å²) in [6.07, 6.45) is 4.51. The Hall–Kier alpha value is -5.24. The van der Waals surface area contributed by atoms with Crippen LogP contribution in [0.2, 0.25) is 0 Å². The summed E-state index contributed by atoms with van der Waals surface area (Å²) in [6, 6.07) is 58.8. The second-order valence-corrected chi connectivity index (χ2v) is 19.2. The molecule has 6 heteroatoms. The number of ketones is 2. The summed E-state index contributed by atoms with van der Waals surface area (Å²) in [5, 5.41) is 0. The molecule has 8 aromatic rings. The molecule has 0 radical (unpaired) electrons. The van der Waals surface area contributed by atoms with Crippen LogP contribution in [0.3, 0.4) is 0 Å². The Labute approximate surface area is 381 Å². The largest absolute Gasteiger partial charge is 0.285 e. The molecule has 0 heterocycles. The van der Waals surface area contributed by atoms with Crippen LogP contribution in [0.4, 0.5) is 0 Å². The van der Waals surface area contributed by atoms with Crippen LogP contribution in [0.15, 0.2) is 188 Å². The summed E-state index contributed by atoms with van der Waals surface area (Å²) in [7, 11) is 0. The van der Waals surface area contributed by atoms with Crippen LogP contribution < -0.4 is 0 Å². The van der Waals surface area contributed by atoms with E-state index in [1.807, 2.05) is 48.5 Å². The molecule has 0 unspecified atom stereocenters. The first-order chi connectivity index (χ1) is 29.2. The summed E-state index contributed by atoms with van der Waals surface area (Å²) < 4.78 is 3.94. The standard InChI is InChI=1S/C27H14Br2O2.C27H16Br2/c28-15-9-11-19-23(13-15)27(24-14-16(29)10-12-20(24)26(31)25(19)30)21-7-3-1-5-17(21)18-6-2-4-8-22(18)27;28-19-13-11-17-9-10-18-12-14-20(29)16-26(18)27(25(17)15-19)23-7-3-1-5-21(23)22-6-2-4-8-24(22)27/h1-14H;1-16H. The topological polar surface area (TPSA) is 34.1 Å². The molecule has 0 aromatic heterocycles. The van der Waals surface area contributed by atoms with Crippen molar-refractivity contribution in [3.8, 4) is 22.3 Å². The molecule has 4 aliphatic carbocycles. The van der Waals surface area contributed by atoms with Crippen molar-refractivity contribution in [1.82, 2.24) is 0 Å². The highest BCUT2D eigenvalue weighted by Gasteiger charge is 2.52. The fourth-order valence-electron chi connectivity index (χ4n) is 10.4. The molecule has 0 atom stereocenters. The minimum absolute atomic E-state index is 0.352. The number of Topliss-reactive ketones (excluding diaryl/α,β-unsaturated/α-hetero) is 2. The molecule has 286 valence electrons. The average Bonchev–Trinajstić information content (AvgIpc) is 3.66. The van der Waals surface area contributed by atoms with Crippen molar-refractivity contribution < 1.29 is 9.59 Å². The van der Waals surface area contributed by atoms with E-state index in [9.17, 15) is 9.59 Å². The van der Waals surface area contributed by atoms with E-state index in [0.29, 0.717) is 11.1 Å². The van der Waals surface area contributed by atoms with Gasteiger partial charge in [-0.1, -0.05) is 185 Å². The summed E-state index contributed by atoms with van der Waals surface area (Å²) in [6.45, 7) is 0. The lowest BCUT2D eigenvalue weighted by atomic mass is 9.66. The minimum Gasteiger partial charge on any atom is -0.285 e. The minimum atomic E-state index is -0.771. The molecule has 2 nitrogen and oxygen atoms in total. The van der Waals surface area contributed by atoms with Gasteiger partial charge in [-0.25, -0.2) is 0 Å². The Balaban J connectivity index is 0.000000136. The monoisotopic (exact) mass is 1030 g/mol. The number of hydrogen-bond donors (Lipinski definition) is 0. The molecule has 0 aliphatic heterocycles. The molecule has 4 aliphatic rings. The van der Waals surface area contributed by atoms with Crippen molar-refractivity contribution in [2.75, 3.05) is 0 Å². The van der Waals surface area contributed by atoms with Crippen LogP contribution in [0, 0.1) is 0 Å². The second-order valence-electron chi connectivity index (χ2n) is 15.5. The molecular weight excluding hydrogens is 1000 g/mol. The molecule has 12 rings (SSSR count). The Morgan fingerprint density at radius 3 is 0.917 bits per heavy atom. The third-order valence-electron chi connectivity index (χ3n) is 12.7. The maximum Gasteiger partial charge on any atom is 0.233 e. The zero-order chi connectivity index (χ0) is 40.9. The number of hydrogen-bond acceptors (Lipinski definition) is 2. The van der Waals surface area contributed by atoms with E-state index >= 15 is 0 Å². The van der Waals surface area contributed by atoms with Gasteiger partial charge in [-0.2, -0.15) is 0 Å². The highest BCUT2D eigenvalue weighted by atomic mass is 79.9. The van der Waals surface area contributed by atoms with Gasteiger partial charge in [-0.05, 0) is 139 Å². The van der Waals surface area contributed by atoms with E-state index in [-0.39, 0.29) is 5.41 Å². The quantitative estimate of drug-likeness (QED) is 0.142. The normalized spacial score (nSPS) is 14.9. The number of fused-ring (bicyclic) bond motifs is 18. The van der Waals surface area contributed by atoms with Crippen LogP contribution in [-0.4, -0.2) is 11.6 Å². The maximum absolute atomic E-state index is 13.4. The first-order valence-corrected chi connectivity index (χ1v) is 22.8. The van der Waals surface area contributed by atoms with Crippen LogP contribution >= 0.6 is 63.7 Å². The molecule has 60 heavy (non-hydrogen) atoms. The number of halogens is 4. The third-order valence-corrected chi connectivity index (χ3v) is 14.6. The van der Waals surface area contributed by atoms with Crippen molar-refractivity contribution >= 4 is 87.4 Å². The van der Waals surface area contributed by atoms with E-state index in [2.05, 4.69) is 185 Å². The molecule has 0 N–H and O–H groups in total. The summed E-state index contributed by atoms with van der Waals surface area (Å²) in [4.78, 5) is 26.8. The van der Waals surface area contributed by atoms with Gasteiger partial charge in [-0.15, -0.1) is 0 Å². The SMILES string of the molecule is Brc1ccc2c(c1)C1(c3cc(Br)ccc3C=C2)c2ccccc2-c2ccccc21.O=C1C(=O)c2ccc(Br)cc2C2(c3cc(Br)ccc31)c1ccccc1-c1ccccc12. The van der Waals surface area contributed by atoms with E-state index in [1.54, 1.807) is 12.1 Å². The smallest absolute Gasteiger partial charge is 0.233 e. The Morgan fingerprint density at radius 1 is 0.283 bits per heavy atom. The van der Waals surface area contributed by atoms with Gasteiger partial charge in [0.25, 0.3) is 0 Å². The zero-order valence-electron chi connectivity index (χ0n) is 31.6. The molecule has 0 saturated heterocycles. The Bertz CT molecular complexity index is 3000. The molecule has 0 bridgehead atoms. The second kappa shape index (κ2) is 14.2. The van der Waals surface area contributed by atoms with Crippen LogP contribution in [0.25, 0.3) is 34.4 Å². The number of benzene rings is 8. The van der Waals surface area contributed by atoms with Crippen molar-refractivity contribution in [2.24, 2.45) is 0 Å². The number of carbonyl (C=O) groups is 2. The van der Waals surface area contributed by atoms with E-state index < -0.39 is 17.0 Å². The number of rotatable bonds is 0. The average molecular weight is 1030 g/mol. The first-order valence-electron chi connectivity index (χ1n) is 19.6. The predicted molar refractivity (Wildman–Crippen MR) is 256 cm³/mol. The first kappa shape index (κ1) is 37.7. The highest BCUT2D eigenvalue weighted by Crippen LogP contribution is 2.60. The van der Waals surface area contributed by atoms with Gasteiger partial charge in [0.2, 0.25) is 11.6 Å². The zero-order valence-corrected chi connectivity index (χ0v) is 38.0. The van der Waals surface area contributed by atoms with E-state index in [1.165, 1.54) is 44.5 Å². The van der Waals surface area contributed by atoms with Crippen molar-refractivity contribution in [3.05, 3.63) is 255 Å². The molecule has 0 fully saturated rings. The molecule has 2 spiro atoms. The van der Waals surface area contributed by atoms with Crippen molar-refractivity contribution in [2.45, 2.75) is 10.8 Å². The van der Waals surface area contributed by atoms with Gasteiger partial charge in [0.1, 0.15) is 0 Å². The van der Waals surface area contributed by atoms with Gasteiger partial charge >= 0.3 is 0 Å². The maximum atomic E-state index is 13.4. The van der Waals surface area contributed by atoms with Gasteiger partial charge < -0.3 is 0 Å². The lowest BCUT2D eigenvalue weighted by Gasteiger charge is -2.35. The third kappa shape index (κ3) is 5.27. The van der Waals surface area contributed by atoms with Gasteiger partial charge in [0.05, 0.1) is 10.8 Å². The lowest BCUT2D eigenvalue weighted by Crippen LogP contribution is -2.30. The molecular formula is C54H30Br4O2. The summed E-state index contributed by atoms with van der Waals surface area (Å²) >= 11 is 14.7. The van der Waals surface area contributed by atoms with Crippen LogP contribution in [-0.2, 0) is 10.8 Å².